The van der Waals surface area contributed by atoms with Crippen LogP contribution in [-0.4, -0.2) is 65.0 Å². The summed E-state index contributed by atoms with van der Waals surface area (Å²) in [5, 5.41) is 15.4. The van der Waals surface area contributed by atoms with Crippen molar-refractivity contribution in [1.29, 1.82) is 0 Å². The van der Waals surface area contributed by atoms with Gasteiger partial charge in [0, 0.05) is 33.4 Å². The van der Waals surface area contributed by atoms with Crippen LogP contribution in [-0.2, 0) is 18.3 Å². The van der Waals surface area contributed by atoms with Crippen molar-refractivity contribution in [3.63, 3.8) is 0 Å². The molecule has 0 radical (unpaired) electrons. The fraction of sp³-hybridized carbons (Fsp3) is 0.609. The Morgan fingerprint density at radius 3 is 2.48 bits per heavy atom. The summed E-state index contributed by atoms with van der Waals surface area (Å²) >= 11 is 0. The maximum atomic E-state index is 5.45. The van der Waals surface area contributed by atoms with Crippen LogP contribution >= 0.6 is 0 Å². The van der Waals surface area contributed by atoms with Crippen LogP contribution in [0.25, 0.3) is 0 Å². The molecule has 0 fully saturated rings. The summed E-state index contributed by atoms with van der Waals surface area (Å²) in [6, 6.07) is 10.9. The molecular formula is C23H39N7O. The van der Waals surface area contributed by atoms with E-state index in [4.69, 9.17) is 9.73 Å². The minimum atomic E-state index is 0.267. The number of rotatable bonds is 13. The quantitative estimate of drug-likeness (QED) is 0.290. The van der Waals surface area contributed by atoms with Gasteiger partial charge < -0.3 is 19.9 Å². The molecule has 0 amide bonds. The van der Waals surface area contributed by atoms with Crippen LogP contribution in [0.3, 0.4) is 0 Å². The topological polar surface area (TPSA) is 79.6 Å². The molecule has 31 heavy (non-hydrogen) atoms. The molecule has 2 N–H and O–H groups in total. The molecule has 0 aliphatic heterocycles. The maximum Gasteiger partial charge on any atom is 0.191 e. The van der Waals surface area contributed by atoms with E-state index in [2.05, 4.69) is 69.9 Å². The van der Waals surface area contributed by atoms with Crippen molar-refractivity contribution in [2.45, 2.75) is 46.7 Å². The molecule has 1 heterocycles. The molecule has 0 saturated heterocycles. The first-order valence-electron chi connectivity index (χ1n) is 11.3. The van der Waals surface area contributed by atoms with Crippen molar-refractivity contribution in [2.75, 3.05) is 39.4 Å². The summed E-state index contributed by atoms with van der Waals surface area (Å²) < 4.78 is 7.42. The summed E-state index contributed by atoms with van der Waals surface area (Å²) in [6.45, 7) is 13.9. The minimum absolute atomic E-state index is 0.267. The molecule has 2 aromatic rings. The van der Waals surface area contributed by atoms with E-state index < -0.39 is 0 Å². The third-order valence-electron chi connectivity index (χ3n) is 5.42. The second-order valence-corrected chi connectivity index (χ2v) is 7.39. The van der Waals surface area contributed by atoms with E-state index in [-0.39, 0.29) is 6.04 Å². The van der Waals surface area contributed by atoms with E-state index in [0.29, 0.717) is 6.54 Å². The van der Waals surface area contributed by atoms with Gasteiger partial charge in [0.2, 0.25) is 0 Å². The Morgan fingerprint density at radius 1 is 1.13 bits per heavy atom. The molecule has 0 bridgehead atoms. The molecule has 1 unspecified atom stereocenters. The highest BCUT2D eigenvalue weighted by molar-refractivity contribution is 5.79. The highest BCUT2D eigenvalue weighted by Gasteiger charge is 2.18. The fourth-order valence-corrected chi connectivity index (χ4v) is 3.43. The molecule has 0 aliphatic carbocycles. The highest BCUT2D eigenvalue weighted by Crippen LogP contribution is 2.19. The van der Waals surface area contributed by atoms with Gasteiger partial charge in [-0.05, 0) is 38.9 Å². The molecule has 0 aliphatic rings. The Balaban J connectivity index is 2.09. The summed E-state index contributed by atoms with van der Waals surface area (Å²) in [7, 11) is 1.97. The van der Waals surface area contributed by atoms with Crippen LogP contribution < -0.4 is 10.6 Å². The Kier molecular flexibility index (Phi) is 11.0. The first-order chi connectivity index (χ1) is 15.1. The number of guanidine groups is 1. The van der Waals surface area contributed by atoms with Gasteiger partial charge in [-0.1, -0.05) is 44.2 Å². The number of aryl methyl sites for hydroxylation is 1. The number of likely N-dealkylation sites (N-methyl/N-ethyl adjacent to an activating group) is 1. The van der Waals surface area contributed by atoms with Gasteiger partial charge in [-0.3, -0.25) is 4.90 Å². The number of aromatic nitrogens is 3. The molecule has 0 saturated carbocycles. The SMILES string of the molecule is CCOCCCNC(=NCc1nnc(C)n1C)NCC(c1ccccc1)N(CC)CC. The van der Waals surface area contributed by atoms with Gasteiger partial charge in [0.25, 0.3) is 0 Å². The number of ether oxygens (including phenoxy) is 1. The second-order valence-electron chi connectivity index (χ2n) is 7.39. The molecule has 1 aromatic heterocycles. The molecule has 8 nitrogen and oxygen atoms in total. The monoisotopic (exact) mass is 429 g/mol. The van der Waals surface area contributed by atoms with Crippen LogP contribution in [0.4, 0.5) is 0 Å². The Bertz CT molecular complexity index is 771. The van der Waals surface area contributed by atoms with E-state index in [1.807, 2.05) is 25.5 Å². The zero-order chi connectivity index (χ0) is 22.5. The van der Waals surface area contributed by atoms with Gasteiger partial charge in [0.1, 0.15) is 12.4 Å². The van der Waals surface area contributed by atoms with Gasteiger partial charge in [-0.15, -0.1) is 10.2 Å². The average Bonchev–Trinajstić information content (AvgIpc) is 3.12. The predicted octanol–water partition coefficient (Wildman–Crippen LogP) is 2.67. The summed E-state index contributed by atoms with van der Waals surface area (Å²) in [5.74, 6) is 2.51. The van der Waals surface area contributed by atoms with E-state index in [1.54, 1.807) is 0 Å². The van der Waals surface area contributed by atoms with Crippen molar-refractivity contribution < 1.29 is 4.74 Å². The summed E-state index contributed by atoms with van der Waals surface area (Å²) in [6.07, 6.45) is 0.926. The van der Waals surface area contributed by atoms with Gasteiger partial charge in [0.05, 0.1) is 6.04 Å². The first kappa shape index (κ1) is 24.8. The van der Waals surface area contributed by atoms with Gasteiger partial charge in [-0.25, -0.2) is 4.99 Å². The first-order valence-corrected chi connectivity index (χ1v) is 11.3. The summed E-state index contributed by atoms with van der Waals surface area (Å²) in [4.78, 5) is 7.23. The lowest BCUT2D eigenvalue weighted by atomic mass is 10.1. The molecule has 1 atom stereocenters. The van der Waals surface area contributed by atoms with Gasteiger partial charge in [0.15, 0.2) is 11.8 Å². The molecule has 1 aromatic carbocycles. The number of nitrogens with one attached hydrogen (secondary N) is 2. The zero-order valence-electron chi connectivity index (χ0n) is 19.8. The Morgan fingerprint density at radius 2 is 1.87 bits per heavy atom. The summed E-state index contributed by atoms with van der Waals surface area (Å²) in [5.41, 5.74) is 1.30. The van der Waals surface area contributed by atoms with Crippen LogP contribution in [0.1, 0.15) is 50.4 Å². The van der Waals surface area contributed by atoms with E-state index in [0.717, 1.165) is 63.4 Å². The van der Waals surface area contributed by atoms with Crippen LogP contribution in [0.5, 0.6) is 0 Å². The zero-order valence-corrected chi connectivity index (χ0v) is 19.8. The van der Waals surface area contributed by atoms with Crippen molar-refractivity contribution in [1.82, 2.24) is 30.3 Å². The van der Waals surface area contributed by atoms with E-state index in [9.17, 15) is 0 Å². The smallest absolute Gasteiger partial charge is 0.191 e. The molecule has 2 rings (SSSR count). The minimum Gasteiger partial charge on any atom is -0.382 e. The normalized spacial score (nSPS) is 12.9. The third-order valence-corrected chi connectivity index (χ3v) is 5.42. The lowest BCUT2D eigenvalue weighted by Gasteiger charge is -2.31. The third kappa shape index (κ3) is 7.95. The number of nitrogens with zero attached hydrogens (tertiary/aromatic N) is 5. The van der Waals surface area contributed by atoms with Crippen LogP contribution in [0, 0.1) is 6.92 Å². The van der Waals surface area contributed by atoms with Crippen molar-refractivity contribution in [3.8, 4) is 0 Å². The van der Waals surface area contributed by atoms with Crippen LogP contribution in [0.15, 0.2) is 35.3 Å². The molecule has 8 heteroatoms. The number of hydrogen-bond acceptors (Lipinski definition) is 5. The van der Waals surface area contributed by atoms with Crippen molar-refractivity contribution >= 4 is 5.96 Å². The predicted molar refractivity (Wildman–Crippen MR) is 126 cm³/mol. The Hall–Kier alpha value is -2.45. The van der Waals surface area contributed by atoms with Gasteiger partial charge >= 0.3 is 0 Å². The molecular weight excluding hydrogens is 390 g/mol. The average molecular weight is 430 g/mol. The van der Waals surface area contributed by atoms with E-state index >= 15 is 0 Å². The van der Waals surface area contributed by atoms with Crippen molar-refractivity contribution in [3.05, 3.63) is 47.5 Å². The standard InChI is InChI=1S/C23H39N7O/c1-6-30(7-2)21(20-13-10-9-11-14-20)17-25-23(24-15-12-16-31-8-3)26-18-22-28-27-19(4)29(22)5/h9-11,13-14,21H,6-8,12,15-18H2,1-5H3,(H2,24,25,26). The van der Waals surface area contributed by atoms with E-state index in [1.165, 1.54) is 5.56 Å². The number of benzene rings is 1. The maximum absolute atomic E-state index is 5.45. The Labute approximate surface area is 187 Å². The van der Waals surface area contributed by atoms with Gasteiger partial charge in [-0.2, -0.15) is 0 Å². The molecule has 172 valence electrons. The van der Waals surface area contributed by atoms with Crippen LogP contribution in [0.2, 0.25) is 0 Å². The lowest BCUT2D eigenvalue weighted by Crippen LogP contribution is -2.43. The van der Waals surface area contributed by atoms with Crippen molar-refractivity contribution in [2.24, 2.45) is 12.0 Å². The highest BCUT2D eigenvalue weighted by atomic mass is 16.5. The lowest BCUT2D eigenvalue weighted by molar-refractivity contribution is 0.145. The molecule has 0 spiro atoms. The number of aliphatic imine (C=N–C) groups is 1. The fourth-order valence-electron chi connectivity index (χ4n) is 3.43. The largest absolute Gasteiger partial charge is 0.382 e. The second kappa shape index (κ2) is 13.8. The number of hydrogen-bond donors (Lipinski definition) is 2.